The molecule has 0 amide bonds. The molecule has 1 aromatic carbocycles. The fraction of sp³-hybridized carbons (Fsp3) is 0.674. The zero-order chi connectivity index (χ0) is 34.4. The van der Waals surface area contributed by atoms with Crippen LogP contribution in [0.25, 0.3) is 0 Å². The highest BCUT2D eigenvalue weighted by Crippen LogP contribution is 2.27. The molecule has 2 N–H and O–H groups in total. The monoisotopic (exact) mass is 608 g/mol. The predicted molar refractivity (Wildman–Crippen MR) is 205 cm³/mol. The molecule has 0 spiro atoms. The Labute approximate surface area is 278 Å². The number of aryl methyl sites for hydroxylation is 1. The van der Waals surface area contributed by atoms with Gasteiger partial charge < -0.3 is 5.73 Å². The maximum Gasteiger partial charge on any atom is 0.0306 e. The van der Waals surface area contributed by atoms with Crippen LogP contribution in [0.4, 0.5) is 0 Å². The van der Waals surface area contributed by atoms with Gasteiger partial charge in [-0.15, -0.1) is 19.4 Å². The van der Waals surface area contributed by atoms with Crippen molar-refractivity contribution in [1.29, 1.82) is 0 Å². The molecule has 44 heavy (non-hydrogen) atoms. The first-order chi connectivity index (χ1) is 20.7. The molecule has 1 nitrogen and oxygen atoms in total. The van der Waals surface area contributed by atoms with E-state index in [-0.39, 0.29) is 5.54 Å². The van der Waals surface area contributed by atoms with Crippen molar-refractivity contribution in [2.24, 2.45) is 28.9 Å². The second-order valence-corrected chi connectivity index (χ2v) is 14.7. The maximum absolute atomic E-state index is 5.58. The minimum absolute atomic E-state index is 0.194. The zero-order valence-electron chi connectivity index (χ0n) is 31.4. The summed E-state index contributed by atoms with van der Waals surface area (Å²) in [7, 11) is 0. The first-order valence-electron chi connectivity index (χ1n) is 17.7. The summed E-state index contributed by atoms with van der Waals surface area (Å²) >= 11 is 0. The largest absolute Gasteiger partial charge is 0.322 e. The number of unbranched alkanes of at least 4 members (excludes halogenated alkanes) is 4. The van der Waals surface area contributed by atoms with Crippen LogP contribution in [-0.2, 0) is 6.42 Å². The standard InChI is InChI=1S/C21H42.C14H20.C6H13N.C2H2/c1-7-9-10-14-17-20(8-2)19(3)16-13-11-12-15-18-21(4,5)6;1-3-8-13(2)9-7-12-14-10-5-4-6-11-14;1-5(2)6(3,4)7;1-2/h7,9,19-20H,8,10-18H2,1-6H3;3-6,10-11,13H,1,7-9,12H2,2H3;1,7H2,2-4H3;1-2H/b9-7-;;;. The average Bonchev–Trinajstić information content (AvgIpc) is 2.96. The number of terminal acetylenes is 1. The van der Waals surface area contributed by atoms with Gasteiger partial charge in [-0.25, -0.2) is 0 Å². The molecule has 0 radical (unpaired) electrons. The smallest absolute Gasteiger partial charge is 0.0306 e. The number of hydrogen-bond acceptors (Lipinski definition) is 1. The van der Waals surface area contributed by atoms with Crippen LogP contribution < -0.4 is 5.73 Å². The summed E-state index contributed by atoms with van der Waals surface area (Å²) in [6.45, 7) is 29.6. The summed E-state index contributed by atoms with van der Waals surface area (Å²) in [5.41, 5.74) is 8.38. The molecule has 0 aromatic heterocycles. The minimum atomic E-state index is -0.194. The minimum Gasteiger partial charge on any atom is -0.322 e. The second-order valence-electron chi connectivity index (χ2n) is 14.7. The zero-order valence-corrected chi connectivity index (χ0v) is 31.4. The van der Waals surface area contributed by atoms with Crippen LogP contribution in [0.5, 0.6) is 0 Å². The van der Waals surface area contributed by atoms with Crippen LogP contribution in [0, 0.1) is 36.0 Å². The van der Waals surface area contributed by atoms with Gasteiger partial charge in [-0.1, -0.05) is 147 Å². The molecular formula is C43H77N. The molecule has 0 aliphatic rings. The van der Waals surface area contributed by atoms with Crippen molar-refractivity contribution >= 4 is 0 Å². The van der Waals surface area contributed by atoms with E-state index >= 15 is 0 Å². The third-order valence-corrected chi connectivity index (χ3v) is 8.52. The molecule has 0 saturated heterocycles. The lowest BCUT2D eigenvalue weighted by molar-refractivity contribution is 0.293. The Hall–Kier alpha value is -2.04. The molecule has 3 unspecified atom stereocenters. The third-order valence-electron chi connectivity index (χ3n) is 8.52. The summed E-state index contributed by atoms with van der Waals surface area (Å²) in [6, 6.07) is 10.7. The average molecular weight is 608 g/mol. The normalized spacial score (nSPS) is 13.2. The molecular weight excluding hydrogens is 530 g/mol. The van der Waals surface area contributed by atoms with E-state index in [2.05, 4.69) is 117 Å². The summed E-state index contributed by atoms with van der Waals surface area (Å²) < 4.78 is 0. The Morgan fingerprint density at radius 1 is 0.886 bits per heavy atom. The van der Waals surface area contributed by atoms with Crippen LogP contribution in [0.3, 0.4) is 0 Å². The maximum atomic E-state index is 5.58. The number of benzene rings is 1. The van der Waals surface area contributed by atoms with Gasteiger partial charge in [0.05, 0.1) is 0 Å². The molecule has 3 atom stereocenters. The van der Waals surface area contributed by atoms with Crippen molar-refractivity contribution in [3.63, 3.8) is 0 Å². The van der Waals surface area contributed by atoms with Crippen molar-refractivity contribution in [2.45, 2.75) is 165 Å². The van der Waals surface area contributed by atoms with E-state index < -0.39 is 0 Å². The highest BCUT2D eigenvalue weighted by molar-refractivity contribution is 5.14. The molecule has 1 heteroatoms. The van der Waals surface area contributed by atoms with E-state index in [1.54, 1.807) is 0 Å². The third kappa shape index (κ3) is 32.9. The number of allylic oxidation sites excluding steroid dienone is 3. The molecule has 0 fully saturated rings. The van der Waals surface area contributed by atoms with Crippen molar-refractivity contribution in [1.82, 2.24) is 0 Å². The van der Waals surface area contributed by atoms with Gasteiger partial charge in [-0.3, -0.25) is 0 Å². The highest BCUT2D eigenvalue weighted by atomic mass is 14.7. The summed E-state index contributed by atoms with van der Waals surface area (Å²) in [4.78, 5) is 0. The Morgan fingerprint density at radius 2 is 1.45 bits per heavy atom. The van der Waals surface area contributed by atoms with Crippen LogP contribution in [0.15, 0.2) is 67.3 Å². The Morgan fingerprint density at radius 3 is 1.93 bits per heavy atom. The van der Waals surface area contributed by atoms with Gasteiger partial charge in [-0.05, 0) is 101 Å². The molecule has 1 aromatic rings. The number of rotatable bonds is 19. The van der Waals surface area contributed by atoms with E-state index in [1.807, 2.05) is 26.8 Å². The quantitative estimate of drug-likeness (QED) is 0.0944. The van der Waals surface area contributed by atoms with E-state index in [0.29, 0.717) is 5.41 Å². The van der Waals surface area contributed by atoms with E-state index in [9.17, 15) is 0 Å². The molecule has 0 heterocycles. The molecule has 254 valence electrons. The SMILES string of the molecule is C#C.C/C=C\CCCC(CC)C(C)CCCCCCC(C)(C)C.C=C(C)C(C)(C)N.C=CCC(C)CCCc1ccccc1. The van der Waals surface area contributed by atoms with Crippen LogP contribution in [-0.4, -0.2) is 5.54 Å². The van der Waals surface area contributed by atoms with Gasteiger partial charge >= 0.3 is 0 Å². The van der Waals surface area contributed by atoms with E-state index in [1.165, 1.54) is 89.0 Å². The van der Waals surface area contributed by atoms with Crippen molar-refractivity contribution < 1.29 is 0 Å². The summed E-state index contributed by atoms with van der Waals surface area (Å²) in [5, 5.41) is 0. The fourth-order valence-corrected chi connectivity index (χ4v) is 4.97. The predicted octanol–water partition coefficient (Wildman–Crippen LogP) is 13.6. The van der Waals surface area contributed by atoms with Gasteiger partial charge in [0.25, 0.3) is 0 Å². The highest BCUT2D eigenvalue weighted by Gasteiger charge is 2.15. The lowest BCUT2D eigenvalue weighted by Gasteiger charge is -2.23. The Balaban J connectivity index is -0.000000624. The van der Waals surface area contributed by atoms with Gasteiger partial charge in [0.2, 0.25) is 0 Å². The first kappa shape index (κ1) is 46.4. The topological polar surface area (TPSA) is 26.0 Å². The van der Waals surface area contributed by atoms with Crippen LogP contribution in [0.1, 0.15) is 158 Å². The van der Waals surface area contributed by atoms with Gasteiger partial charge in [0.1, 0.15) is 0 Å². The van der Waals surface area contributed by atoms with Gasteiger partial charge in [-0.2, -0.15) is 0 Å². The molecule has 0 aliphatic heterocycles. The van der Waals surface area contributed by atoms with Crippen LogP contribution >= 0.6 is 0 Å². The molecule has 1 rings (SSSR count). The number of nitrogens with two attached hydrogens (primary N) is 1. The second kappa shape index (κ2) is 29.7. The Bertz CT molecular complexity index is 814. The Kier molecular flexibility index (Phi) is 31.3. The molecule has 0 saturated carbocycles. The lowest BCUT2D eigenvalue weighted by Crippen LogP contribution is -2.32. The fourth-order valence-electron chi connectivity index (χ4n) is 4.97. The van der Waals surface area contributed by atoms with Crippen molar-refractivity contribution in [3.05, 3.63) is 72.9 Å². The summed E-state index contributed by atoms with van der Waals surface area (Å²) in [5.74, 6) is 2.66. The number of hydrogen-bond donors (Lipinski definition) is 1. The van der Waals surface area contributed by atoms with Crippen molar-refractivity contribution in [2.75, 3.05) is 0 Å². The van der Waals surface area contributed by atoms with E-state index in [4.69, 9.17) is 5.73 Å². The van der Waals surface area contributed by atoms with Crippen molar-refractivity contribution in [3.8, 4) is 12.8 Å². The molecule has 0 bridgehead atoms. The van der Waals surface area contributed by atoms with Gasteiger partial charge in [0, 0.05) is 5.54 Å². The lowest BCUT2D eigenvalue weighted by atomic mass is 9.83. The first-order valence-corrected chi connectivity index (χ1v) is 17.7. The van der Waals surface area contributed by atoms with Gasteiger partial charge in [0.15, 0.2) is 0 Å². The molecule has 0 aliphatic carbocycles. The van der Waals surface area contributed by atoms with Crippen LogP contribution in [0.2, 0.25) is 0 Å². The van der Waals surface area contributed by atoms with E-state index in [0.717, 1.165) is 29.7 Å². The summed E-state index contributed by atoms with van der Waals surface area (Å²) in [6.07, 6.45) is 33.5.